The van der Waals surface area contributed by atoms with Crippen LogP contribution < -0.4 is 4.74 Å². The van der Waals surface area contributed by atoms with Crippen molar-refractivity contribution >= 4 is 23.2 Å². The van der Waals surface area contributed by atoms with Gasteiger partial charge in [-0.15, -0.1) is 0 Å². The lowest BCUT2D eigenvalue weighted by molar-refractivity contribution is 0.254. The van der Waals surface area contributed by atoms with Gasteiger partial charge in [0.05, 0.1) is 5.02 Å². The molecule has 0 saturated carbocycles. The maximum atomic E-state index is 5.86. The first-order chi connectivity index (χ1) is 6.59. The Kier molecular flexibility index (Phi) is 4.45. The number of rotatable bonds is 4. The van der Waals surface area contributed by atoms with E-state index >= 15 is 0 Å². The summed E-state index contributed by atoms with van der Waals surface area (Å²) in [5.41, 5.74) is 0. The number of hydrogen-bond donors (Lipinski definition) is 0. The van der Waals surface area contributed by atoms with Crippen molar-refractivity contribution in [2.75, 3.05) is 27.2 Å². The van der Waals surface area contributed by atoms with E-state index in [-0.39, 0.29) is 0 Å². The second kappa shape index (κ2) is 5.39. The fraction of sp³-hybridized carbons (Fsp3) is 0.444. The van der Waals surface area contributed by atoms with E-state index < -0.39 is 0 Å². The van der Waals surface area contributed by atoms with Crippen LogP contribution in [0.15, 0.2) is 12.3 Å². The molecule has 1 heterocycles. The number of pyridine rings is 1. The zero-order valence-electron chi connectivity index (χ0n) is 8.13. The Morgan fingerprint density at radius 3 is 2.71 bits per heavy atom. The van der Waals surface area contributed by atoms with Crippen molar-refractivity contribution in [3.05, 3.63) is 22.3 Å². The third-order valence-electron chi connectivity index (χ3n) is 1.55. The Labute approximate surface area is 93.6 Å². The minimum Gasteiger partial charge on any atom is -0.475 e. The largest absolute Gasteiger partial charge is 0.475 e. The lowest BCUT2D eigenvalue weighted by Gasteiger charge is -2.10. The van der Waals surface area contributed by atoms with Gasteiger partial charge in [0.1, 0.15) is 11.6 Å². The van der Waals surface area contributed by atoms with E-state index in [1.807, 2.05) is 19.0 Å². The zero-order valence-corrected chi connectivity index (χ0v) is 9.64. The predicted octanol–water partition coefficient (Wildman–Crippen LogP) is 2.33. The number of aromatic nitrogens is 1. The molecule has 0 atom stereocenters. The molecular weight excluding hydrogens is 223 g/mol. The van der Waals surface area contributed by atoms with Crippen molar-refractivity contribution in [1.82, 2.24) is 9.88 Å². The van der Waals surface area contributed by atoms with Crippen molar-refractivity contribution in [2.45, 2.75) is 0 Å². The van der Waals surface area contributed by atoms with Crippen LogP contribution in [0.2, 0.25) is 10.0 Å². The van der Waals surface area contributed by atoms with Crippen LogP contribution in [0.4, 0.5) is 0 Å². The van der Waals surface area contributed by atoms with Crippen molar-refractivity contribution in [1.29, 1.82) is 0 Å². The highest BCUT2D eigenvalue weighted by Crippen LogP contribution is 2.24. The first-order valence-corrected chi connectivity index (χ1v) is 4.94. The summed E-state index contributed by atoms with van der Waals surface area (Å²) in [6.45, 7) is 1.38. The van der Waals surface area contributed by atoms with Gasteiger partial charge >= 0.3 is 0 Å². The molecule has 0 saturated heterocycles. The summed E-state index contributed by atoms with van der Waals surface area (Å²) in [4.78, 5) is 5.99. The molecule has 5 heteroatoms. The number of likely N-dealkylation sites (N-methyl/N-ethyl adjacent to an activating group) is 1. The molecule has 0 unspecified atom stereocenters. The van der Waals surface area contributed by atoms with Crippen LogP contribution in [0.5, 0.6) is 5.88 Å². The van der Waals surface area contributed by atoms with E-state index in [0.29, 0.717) is 22.5 Å². The highest BCUT2D eigenvalue weighted by molar-refractivity contribution is 6.35. The second-order valence-electron chi connectivity index (χ2n) is 3.09. The Bertz CT molecular complexity index is 305. The fourth-order valence-corrected chi connectivity index (χ4v) is 1.27. The van der Waals surface area contributed by atoms with Gasteiger partial charge in [0.15, 0.2) is 0 Å². The van der Waals surface area contributed by atoms with Gasteiger partial charge in [-0.25, -0.2) is 4.98 Å². The highest BCUT2D eigenvalue weighted by Gasteiger charge is 2.03. The summed E-state index contributed by atoms with van der Waals surface area (Å²) in [7, 11) is 3.94. The Hall–Kier alpha value is -0.510. The third kappa shape index (κ3) is 3.70. The normalized spacial score (nSPS) is 10.6. The molecule has 3 nitrogen and oxygen atoms in total. The lowest BCUT2D eigenvalue weighted by atomic mass is 10.5. The van der Waals surface area contributed by atoms with Gasteiger partial charge in [-0.1, -0.05) is 23.2 Å². The van der Waals surface area contributed by atoms with Crippen LogP contribution in [0.1, 0.15) is 0 Å². The Balaban J connectivity index is 2.51. The van der Waals surface area contributed by atoms with E-state index in [1.54, 1.807) is 6.07 Å². The standard InChI is InChI=1S/C9H12Cl2N2O/c1-13(2)3-4-14-9-8(11)5-7(10)6-12-9/h5-6H,3-4H2,1-2H3. The smallest absolute Gasteiger partial charge is 0.232 e. The van der Waals surface area contributed by atoms with Crippen LogP contribution in [-0.2, 0) is 0 Å². The van der Waals surface area contributed by atoms with Gasteiger partial charge in [-0.05, 0) is 20.2 Å². The molecule has 0 N–H and O–H groups in total. The molecule has 78 valence electrons. The summed E-state index contributed by atoms with van der Waals surface area (Å²) >= 11 is 11.5. The molecule has 0 aromatic carbocycles. The molecule has 0 aliphatic heterocycles. The summed E-state index contributed by atoms with van der Waals surface area (Å²) in [5.74, 6) is 0.429. The van der Waals surface area contributed by atoms with E-state index in [2.05, 4.69) is 4.98 Å². The van der Waals surface area contributed by atoms with Gasteiger partial charge in [0.2, 0.25) is 5.88 Å². The maximum Gasteiger partial charge on any atom is 0.232 e. The number of halogens is 2. The monoisotopic (exact) mass is 234 g/mol. The van der Waals surface area contributed by atoms with Crippen molar-refractivity contribution in [2.24, 2.45) is 0 Å². The average molecular weight is 235 g/mol. The van der Waals surface area contributed by atoms with Crippen LogP contribution >= 0.6 is 23.2 Å². The van der Waals surface area contributed by atoms with Gasteiger partial charge in [0.25, 0.3) is 0 Å². The number of nitrogens with zero attached hydrogens (tertiary/aromatic N) is 2. The van der Waals surface area contributed by atoms with Crippen LogP contribution in [0.3, 0.4) is 0 Å². The SMILES string of the molecule is CN(C)CCOc1ncc(Cl)cc1Cl. The Morgan fingerprint density at radius 2 is 2.14 bits per heavy atom. The van der Waals surface area contributed by atoms with E-state index in [1.165, 1.54) is 6.20 Å². The number of hydrogen-bond acceptors (Lipinski definition) is 3. The molecule has 0 fully saturated rings. The molecule has 0 spiro atoms. The van der Waals surface area contributed by atoms with Crippen LogP contribution in [0, 0.1) is 0 Å². The maximum absolute atomic E-state index is 5.86. The van der Waals surface area contributed by atoms with Crippen molar-refractivity contribution < 1.29 is 4.74 Å². The topological polar surface area (TPSA) is 25.4 Å². The first-order valence-electron chi connectivity index (χ1n) is 4.18. The fourth-order valence-electron chi connectivity index (χ4n) is 0.833. The molecule has 0 amide bonds. The quantitative estimate of drug-likeness (QED) is 0.800. The number of ether oxygens (including phenoxy) is 1. The molecule has 0 bridgehead atoms. The Morgan fingerprint density at radius 1 is 1.43 bits per heavy atom. The molecule has 0 radical (unpaired) electrons. The molecular formula is C9H12Cl2N2O. The summed E-state index contributed by atoms with van der Waals surface area (Å²) in [6.07, 6.45) is 1.51. The zero-order chi connectivity index (χ0) is 10.6. The average Bonchev–Trinajstić information content (AvgIpc) is 2.08. The summed E-state index contributed by atoms with van der Waals surface area (Å²) in [6, 6.07) is 1.61. The van der Waals surface area contributed by atoms with Crippen molar-refractivity contribution in [3.8, 4) is 5.88 Å². The van der Waals surface area contributed by atoms with Crippen molar-refractivity contribution in [3.63, 3.8) is 0 Å². The molecule has 1 rings (SSSR count). The molecule has 1 aromatic heterocycles. The highest BCUT2D eigenvalue weighted by atomic mass is 35.5. The summed E-state index contributed by atoms with van der Waals surface area (Å²) in [5, 5.41) is 0.950. The molecule has 14 heavy (non-hydrogen) atoms. The molecule has 0 aliphatic carbocycles. The van der Waals surface area contributed by atoms with Crippen LogP contribution in [-0.4, -0.2) is 37.1 Å². The van der Waals surface area contributed by atoms with E-state index in [9.17, 15) is 0 Å². The van der Waals surface area contributed by atoms with Gasteiger partial charge in [-0.3, -0.25) is 0 Å². The van der Waals surface area contributed by atoms with E-state index in [4.69, 9.17) is 27.9 Å². The third-order valence-corrected chi connectivity index (χ3v) is 2.03. The summed E-state index contributed by atoms with van der Waals surface area (Å²) < 4.78 is 5.36. The van der Waals surface area contributed by atoms with Gasteiger partial charge in [0, 0.05) is 12.7 Å². The first kappa shape index (κ1) is 11.6. The van der Waals surface area contributed by atoms with E-state index in [0.717, 1.165) is 6.54 Å². The lowest BCUT2D eigenvalue weighted by Crippen LogP contribution is -2.19. The molecule has 1 aromatic rings. The minimum absolute atomic E-state index is 0.429. The molecule has 0 aliphatic rings. The minimum atomic E-state index is 0.429. The predicted molar refractivity (Wildman–Crippen MR) is 58.3 cm³/mol. The van der Waals surface area contributed by atoms with Gasteiger partial charge in [-0.2, -0.15) is 0 Å². The second-order valence-corrected chi connectivity index (χ2v) is 3.94. The van der Waals surface area contributed by atoms with Crippen LogP contribution in [0.25, 0.3) is 0 Å². The van der Waals surface area contributed by atoms with Gasteiger partial charge < -0.3 is 9.64 Å².